The van der Waals surface area contributed by atoms with Gasteiger partial charge in [0.2, 0.25) is 5.91 Å². The molecule has 0 saturated carbocycles. The fraction of sp³-hybridized carbons (Fsp3) is 0.682. The van der Waals surface area contributed by atoms with Crippen LogP contribution in [-0.2, 0) is 16.1 Å². The van der Waals surface area contributed by atoms with E-state index in [-0.39, 0.29) is 35.8 Å². The lowest BCUT2D eigenvalue weighted by Crippen LogP contribution is -2.46. The Balaban J connectivity index is 0.00000289. The van der Waals surface area contributed by atoms with Gasteiger partial charge in [-0.15, -0.1) is 24.0 Å². The summed E-state index contributed by atoms with van der Waals surface area (Å²) in [5.41, 5.74) is 6.63. The number of piperidine rings is 1. The van der Waals surface area contributed by atoms with Crippen molar-refractivity contribution in [3.63, 3.8) is 0 Å². The summed E-state index contributed by atoms with van der Waals surface area (Å²) < 4.78 is 5.50. The number of aromatic nitrogens is 1. The van der Waals surface area contributed by atoms with E-state index in [0.717, 1.165) is 89.1 Å². The first-order valence-corrected chi connectivity index (χ1v) is 11.4. The molecule has 0 bridgehead atoms. The van der Waals surface area contributed by atoms with Crippen molar-refractivity contribution in [1.29, 1.82) is 0 Å². The molecule has 1 aromatic heterocycles. The second kappa shape index (κ2) is 12.0. The van der Waals surface area contributed by atoms with E-state index in [9.17, 15) is 4.79 Å². The summed E-state index contributed by atoms with van der Waals surface area (Å²) in [5, 5.41) is 3.55. The number of nitrogens with zero attached hydrogens (tertiary/aromatic N) is 5. The third kappa shape index (κ3) is 6.02. The summed E-state index contributed by atoms with van der Waals surface area (Å²) in [7, 11) is 1.85. The van der Waals surface area contributed by atoms with Gasteiger partial charge in [-0.1, -0.05) is 6.07 Å². The number of anilines is 1. The zero-order chi connectivity index (χ0) is 21.6. The molecule has 10 heteroatoms. The second-order valence-corrected chi connectivity index (χ2v) is 8.59. The van der Waals surface area contributed by atoms with E-state index in [1.54, 1.807) is 0 Å². The van der Waals surface area contributed by atoms with Gasteiger partial charge in [-0.05, 0) is 25.3 Å². The molecule has 3 fully saturated rings. The van der Waals surface area contributed by atoms with Gasteiger partial charge >= 0.3 is 0 Å². The molecule has 32 heavy (non-hydrogen) atoms. The van der Waals surface area contributed by atoms with Crippen LogP contribution in [0.3, 0.4) is 0 Å². The molecule has 4 heterocycles. The Morgan fingerprint density at radius 3 is 2.66 bits per heavy atom. The number of carbonyl (C=O) groups excluding carboxylic acids is 1. The molecule has 0 aliphatic carbocycles. The normalized spacial score (nSPS) is 23.2. The SMILES string of the molecule is CN=C(NCc1cccnc1N1CCC(C(N)=O)CC1)N1CCC(N2CCOCC2)C1.I. The number of carbonyl (C=O) groups is 1. The van der Waals surface area contributed by atoms with Crippen LogP contribution in [0.2, 0.25) is 0 Å². The van der Waals surface area contributed by atoms with Crippen LogP contribution in [0.25, 0.3) is 0 Å². The molecule has 0 aromatic carbocycles. The van der Waals surface area contributed by atoms with Gasteiger partial charge in [0.15, 0.2) is 5.96 Å². The number of hydrogen-bond donors (Lipinski definition) is 2. The number of halogens is 1. The van der Waals surface area contributed by atoms with E-state index in [1.807, 2.05) is 19.3 Å². The van der Waals surface area contributed by atoms with Crippen LogP contribution in [0.15, 0.2) is 23.3 Å². The number of aliphatic imine (C=N–C) groups is 1. The third-order valence-corrected chi connectivity index (χ3v) is 6.74. The van der Waals surface area contributed by atoms with Crippen LogP contribution in [0.1, 0.15) is 24.8 Å². The molecule has 9 nitrogen and oxygen atoms in total. The number of guanidine groups is 1. The summed E-state index contributed by atoms with van der Waals surface area (Å²) >= 11 is 0. The van der Waals surface area contributed by atoms with Crippen LogP contribution in [-0.4, -0.2) is 92.2 Å². The van der Waals surface area contributed by atoms with Gasteiger partial charge in [0.05, 0.1) is 13.2 Å². The summed E-state index contributed by atoms with van der Waals surface area (Å²) in [5.74, 6) is 1.72. The predicted molar refractivity (Wildman–Crippen MR) is 136 cm³/mol. The van der Waals surface area contributed by atoms with Crippen molar-refractivity contribution in [2.45, 2.75) is 31.8 Å². The molecule has 3 aliphatic rings. The van der Waals surface area contributed by atoms with Crippen LogP contribution in [0.5, 0.6) is 0 Å². The predicted octanol–water partition coefficient (Wildman–Crippen LogP) is 0.883. The number of nitrogens with two attached hydrogens (primary N) is 1. The van der Waals surface area contributed by atoms with Gasteiger partial charge in [-0.25, -0.2) is 4.98 Å². The van der Waals surface area contributed by atoms with Crippen molar-refractivity contribution in [1.82, 2.24) is 20.1 Å². The number of pyridine rings is 1. The molecule has 3 aliphatic heterocycles. The van der Waals surface area contributed by atoms with Crippen LogP contribution < -0.4 is 16.0 Å². The Bertz CT molecular complexity index is 779. The quantitative estimate of drug-likeness (QED) is 0.315. The van der Waals surface area contributed by atoms with Gasteiger partial charge in [0.25, 0.3) is 0 Å². The maximum atomic E-state index is 11.5. The molecule has 3 N–H and O–H groups in total. The number of nitrogens with one attached hydrogen (secondary N) is 1. The van der Waals surface area contributed by atoms with Gasteiger partial charge < -0.3 is 25.6 Å². The van der Waals surface area contributed by atoms with E-state index in [1.165, 1.54) is 0 Å². The zero-order valence-corrected chi connectivity index (χ0v) is 21.2. The zero-order valence-electron chi connectivity index (χ0n) is 18.9. The lowest BCUT2D eigenvalue weighted by Gasteiger charge is -2.33. The first kappa shape index (κ1) is 25.0. The summed E-state index contributed by atoms with van der Waals surface area (Å²) in [6.45, 7) is 8.02. The van der Waals surface area contributed by atoms with E-state index in [0.29, 0.717) is 12.6 Å². The number of ether oxygens (including phenoxy) is 1. The van der Waals surface area contributed by atoms with Crippen molar-refractivity contribution >= 4 is 41.7 Å². The van der Waals surface area contributed by atoms with Crippen molar-refractivity contribution in [3.05, 3.63) is 23.9 Å². The van der Waals surface area contributed by atoms with E-state index < -0.39 is 0 Å². The monoisotopic (exact) mass is 557 g/mol. The van der Waals surface area contributed by atoms with E-state index in [4.69, 9.17) is 10.5 Å². The number of primary amides is 1. The standard InChI is InChI=1S/C22H35N7O2.HI/c1-24-22(29-10-6-19(16-29)27-11-13-31-14-12-27)26-15-18-3-2-7-25-21(18)28-8-4-17(5-9-28)20(23)30;/h2-3,7,17,19H,4-6,8-16H2,1H3,(H2,23,30)(H,24,26);1H. The fourth-order valence-corrected chi connectivity index (χ4v) is 4.91. The Hall–Kier alpha value is -1.66. The van der Waals surface area contributed by atoms with Crippen LogP contribution >= 0.6 is 24.0 Å². The maximum Gasteiger partial charge on any atom is 0.220 e. The Morgan fingerprint density at radius 1 is 1.22 bits per heavy atom. The van der Waals surface area contributed by atoms with Gasteiger partial charge in [0, 0.05) is 76.6 Å². The molecule has 178 valence electrons. The highest BCUT2D eigenvalue weighted by molar-refractivity contribution is 14.0. The Labute approximate surface area is 207 Å². The molecule has 1 unspecified atom stereocenters. The highest BCUT2D eigenvalue weighted by atomic mass is 127. The molecular formula is C22H36IN7O2. The van der Waals surface area contributed by atoms with Crippen molar-refractivity contribution < 1.29 is 9.53 Å². The fourth-order valence-electron chi connectivity index (χ4n) is 4.91. The molecule has 4 rings (SSSR count). The number of hydrogen-bond acceptors (Lipinski definition) is 6. The molecule has 0 radical (unpaired) electrons. The Kier molecular flexibility index (Phi) is 9.35. The molecule has 1 amide bonds. The van der Waals surface area contributed by atoms with Gasteiger partial charge in [0.1, 0.15) is 5.82 Å². The molecule has 0 spiro atoms. The topological polar surface area (TPSA) is 99.3 Å². The summed E-state index contributed by atoms with van der Waals surface area (Å²) in [4.78, 5) is 27.8. The minimum Gasteiger partial charge on any atom is -0.379 e. The van der Waals surface area contributed by atoms with Gasteiger partial charge in [-0.3, -0.25) is 14.7 Å². The molecule has 1 atom stereocenters. The molecule has 1 aromatic rings. The molecular weight excluding hydrogens is 521 g/mol. The average Bonchev–Trinajstić information content (AvgIpc) is 3.30. The van der Waals surface area contributed by atoms with Crippen molar-refractivity contribution in [2.24, 2.45) is 16.6 Å². The number of morpholine rings is 1. The minimum absolute atomic E-state index is 0. The minimum atomic E-state index is -0.188. The van der Waals surface area contributed by atoms with Crippen molar-refractivity contribution in [3.8, 4) is 0 Å². The smallest absolute Gasteiger partial charge is 0.220 e. The van der Waals surface area contributed by atoms with E-state index in [2.05, 4.69) is 36.1 Å². The number of rotatable bonds is 5. The first-order valence-electron chi connectivity index (χ1n) is 11.4. The average molecular weight is 557 g/mol. The Morgan fingerprint density at radius 2 is 1.97 bits per heavy atom. The van der Waals surface area contributed by atoms with Gasteiger partial charge in [-0.2, -0.15) is 0 Å². The van der Waals surface area contributed by atoms with Crippen LogP contribution in [0, 0.1) is 5.92 Å². The summed E-state index contributed by atoms with van der Waals surface area (Å²) in [6, 6.07) is 4.66. The summed E-state index contributed by atoms with van der Waals surface area (Å²) in [6.07, 6.45) is 4.57. The number of amides is 1. The van der Waals surface area contributed by atoms with Crippen LogP contribution in [0.4, 0.5) is 5.82 Å². The maximum absolute atomic E-state index is 11.5. The lowest BCUT2D eigenvalue weighted by atomic mass is 9.96. The lowest BCUT2D eigenvalue weighted by molar-refractivity contribution is -0.122. The highest BCUT2D eigenvalue weighted by Gasteiger charge is 2.30. The first-order chi connectivity index (χ1) is 15.2. The largest absolute Gasteiger partial charge is 0.379 e. The second-order valence-electron chi connectivity index (χ2n) is 8.59. The van der Waals surface area contributed by atoms with Crippen molar-refractivity contribution in [2.75, 3.05) is 64.4 Å². The highest BCUT2D eigenvalue weighted by Crippen LogP contribution is 2.24. The number of likely N-dealkylation sites (tertiary alicyclic amines) is 1. The third-order valence-electron chi connectivity index (χ3n) is 6.74. The molecule has 3 saturated heterocycles. The van der Waals surface area contributed by atoms with E-state index >= 15 is 0 Å².